The van der Waals surface area contributed by atoms with E-state index in [0.717, 1.165) is 0 Å². The molecule has 0 aromatic carbocycles. The number of hydrogen-bond acceptors (Lipinski definition) is 3. The van der Waals surface area contributed by atoms with Gasteiger partial charge in [-0.3, -0.25) is 9.59 Å². The third-order valence-electron chi connectivity index (χ3n) is 1.55. The quantitative estimate of drug-likeness (QED) is 0.774. The van der Waals surface area contributed by atoms with Crippen LogP contribution in [0.25, 0.3) is 0 Å². The van der Waals surface area contributed by atoms with Crippen LogP contribution in [0.5, 0.6) is 0 Å². The van der Waals surface area contributed by atoms with Crippen molar-refractivity contribution in [2.45, 2.75) is 0 Å². The molecule has 0 fully saturated rings. The summed E-state index contributed by atoms with van der Waals surface area (Å²) in [5.74, 6) is -0.868. The molecule has 76 valence electrons. The van der Waals surface area contributed by atoms with Crippen molar-refractivity contribution in [2.75, 3.05) is 14.1 Å². The second-order valence-corrected chi connectivity index (χ2v) is 3.75. The van der Waals surface area contributed by atoms with Crippen LogP contribution in [0, 0.1) is 0 Å². The molecule has 0 saturated heterocycles. The number of carbonyl (C=O) groups is 2. The number of amides is 2. The van der Waals surface area contributed by atoms with Crippen molar-refractivity contribution >= 4 is 34.7 Å². The standard InChI is InChI=1S/C7H9IN4O2/c1-11(2)7(14)5-3-4(6(9)13)10-12(5)8/h3H,1-2H3,(H2,9,13). The van der Waals surface area contributed by atoms with E-state index in [-0.39, 0.29) is 11.6 Å². The third kappa shape index (κ3) is 2.03. The SMILES string of the molecule is CN(C)C(=O)c1cc(C(N)=O)nn1I. The highest BCUT2D eigenvalue weighted by Crippen LogP contribution is 2.09. The summed E-state index contributed by atoms with van der Waals surface area (Å²) in [5, 5.41) is 3.79. The zero-order valence-electron chi connectivity index (χ0n) is 7.69. The Labute approximate surface area is 94.5 Å². The molecule has 0 radical (unpaired) electrons. The summed E-state index contributed by atoms with van der Waals surface area (Å²) in [4.78, 5) is 23.7. The van der Waals surface area contributed by atoms with Crippen LogP contribution in [-0.2, 0) is 0 Å². The number of primary amides is 1. The van der Waals surface area contributed by atoms with E-state index in [1.54, 1.807) is 14.1 Å². The molecular formula is C7H9IN4O2. The number of halogens is 1. The third-order valence-corrected chi connectivity index (χ3v) is 2.28. The van der Waals surface area contributed by atoms with Gasteiger partial charge in [0.2, 0.25) is 0 Å². The second-order valence-electron chi connectivity index (χ2n) is 2.84. The Morgan fingerprint density at radius 1 is 1.57 bits per heavy atom. The number of rotatable bonds is 2. The van der Waals surface area contributed by atoms with Crippen LogP contribution in [0.15, 0.2) is 6.07 Å². The largest absolute Gasteiger partial charge is 0.364 e. The van der Waals surface area contributed by atoms with Crippen molar-refractivity contribution in [3.8, 4) is 0 Å². The van der Waals surface area contributed by atoms with Gasteiger partial charge in [-0.15, -0.1) is 0 Å². The van der Waals surface area contributed by atoms with Gasteiger partial charge in [0.05, 0.1) is 22.9 Å². The lowest BCUT2D eigenvalue weighted by Gasteiger charge is -2.08. The maximum atomic E-state index is 11.5. The van der Waals surface area contributed by atoms with Gasteiger partial charge in [-0.05, 0) is 0 Å². The number of carbonyl (C=O) groups excluding carboxylic acids is 2. The first-order chi connectivity index (χ1) is 6.43. The molecule has 0 spiro atoms. The first-order valence-corrected chi connectivity index (χ1v) is 4.67. The van der Waals surface area contributed by atoms with Crippen molar-refractivity contribution in [1.29, 1.82) is 0 Å². The average Bonchev–Trinajstić information content (AvgIpc) is 2.46. The van der Waals surface area contributed by atoms with Crippen LogP contribution in [0.4, 0.5) is 0 Å². The van der Waals surface area contributed by atoms with Crippen LogP contribution >= 0.6 is 22.9 Å². The lowest BCUT2D eigenvalue weighted by Crippen LogP contribution is -2.23. The Bertz CT molecular complexity index is 385. The zero-order chi connectivity index (χ0) is 10.9. The summed E-state index contributed by atoms with van der Waals surface area (Å²) in [5.41, 5.74) is 5.44. The molecule has 2 N–H and O–H groups in total. The van der Waals surface area contributed by atoms with E-state index in [2.05, 4.69) is 5.10 Å². The topological polar surface area (TPSA) is 81.2 Å². The normalized spacial score (nSPS) is 9.93. The Balaban J connectivity index is 3.11. The molecule has 1 aromatic rings. The molecule has 0 saturated carbocycles. The predicted octanol–water partition coefficient (Wildman–Crippen LogP) is -0.118. The molecule has 0 bridgehead atoms. The minimum atomic E-state index is -0.645. The number of aromatic nitrogens is 2. The van der Waals surface area contributed by atoms with E-state index < -0.39 is 5.91 Å². The minimum absolute atomic E-state index is 0.0876. The molecular weight excluding hydrogens is 299 g/mol. The Hall–Kier alpha value is -1.12. The van der Waals surface area contributed by atoms with Gasteiger partial charge in [-0.1, -0.05) is 0 Å². The smallest absolute Gasteiger partial charge is 0.272 e. The van der Waals surface area contributed by atoms with E-state index in [1.165, 1.54) is 13.9 Å². The fourth-order valence-electron chi connectivity index (χ4n) is 0.850. The first-order valence-electron chi connectivity index (χ1n) is 3.71. The van der Waals surface area contributed by atoms with Gasteiger partial charge in [0, 0.05) is 20.2 Å². The van der Waals surface area contributed by atoms with E-state index >= 15 is 0 Å². The second kappa shape index (κ2) is 3.95. The van der Waals surface area contributed by atoms with Crippen molar-refractivity contribution in [3.63, 3.8) is 0 Å². The molecule has 14 heavy (non-hydrogen) atoms. The van der Waals surface area contributed by atoms with Crippen molar-refractivity contribution in [3.05, 3.63) is 17.5 Å². The summed E-state index contributed by atoms with van der Waals surface area (Å²) in [7, 11) is 3.24. The maximum Gasteiger partial charge on any atom is 0.272 e. The number of nitrogens with zero attached hydrogens (tertiary/aromatic N) is 3. The summed E-state index contributed by atoms with van der Waals surface area (Å²) >= 11 is 1.81. The summed E-state index contributed by atoms with van der Waals surface area (Å²) in [6.45, 7) is 0. The lowest BCUT2D eigenvalue weighted by atomic mass is 10.3. The Morgan fingerprint density at radius 2 is 2.14 bits per heavy atom. The maximum absolute atomic E-state index is 11.5. The van der Waals surface area contributed by atoms with E-state index in [0.29, 0.717) is 5.69 Å². The van der Waals surface area contributed by atoms with Gasteiger partial charge in [0.15, 0.2) is 5.69 Å². The highest BCUT2D eigenvalue weighted by molar-refractivity contribution is 14.1. The molecule has 2 amide bonds. The van der Waals surface area contributed by atoms with Gasteiger partial charge in [0.1, 0.15) is 5.69 Å². The van der Waals surface area contributed by atoms with Gasteiger partial charge in [-0.25, -0.2) is 0 Å². The summed E-state index contributed by atoms with van der Waals surface area (Å²) in [6.07, 6.45) is 0. The zero-order valence-corrected chi connectivity index (χ0v) is 9.85. The lowest BCUT2D eigenvalue weighted by molar-refractivity contribution is 0.0821. The molecule has 0 unspecified atom stereocenters. The molecule has 1 rings (SSSR count). The van der Waals surface area contributed by atoms with E-state index in [9.17, 15) is 9.59 Å². The van der Waals surface area contributed by atoms with Crippen molar-refractivity contribution in [2.24, 2.45) is 5.73 Å². The van der Waals surface area contributed by atoms with Crippen LogP contribution in [-0.4, -0.2) is 38.8 Å². The number of hydrogen-bond donors (Lipinski definition) is 1. The number of nitrogens with two attached hydrogens (primary N) is 1. The summed E-state index contributed by atoms with van der Waals surface area (Å²) < 4.78 is 1.31. The summed E-state index contributed by atoms with van der Waals surface area (Å²) in [6, 6.07) is 1.37. The van der Waals surface area contributed by atoms with Crippen LogP contribution in [0.1, 0.15) is 21.0 Å². The fourth-order valence-corrected chi connectivity index (χ4v) is 1.43. The van der Waals surface area contributed by atoms with E-state index in [4.69, 9.17) is 5.73 Å². The molecule has 6 nitrogen and oxygen atoms in total. The van der Waals surface area contributed by atoms with E-state index in [1.807, 2.05) is 22.9 Å². The highest BCUT2D eigenvalue weighted by Gasteiger charge is 2.17. The molecule has 0 aliphatic heterocycles. The van der Waals surface area contributed by atoms with Crippen LogP contribution in [0.2, 0.25) is 0 Å². The highest BCUT2D eigenvalue weighted by atomic mass is 127. The average molecular weight is 308 g/mol. The van der Waals surface area contributed by atoms with Gasteiger partial charge < -0.3 is 10.6 Å². The Morgan fingerprint density at radius 3 is 2.50 bits per heavy atom. The minimum Gasteiger partial charge on any atom is -0.364 e. The molecule has 0 aliphatic carbocycles. The van der Waals surface area contributed by atoms with Gasteiger partial charge in [-0.2, -0.15) is 7.99 Å². The predicted molar refractivity (Wildman–Crippen MR) is 58.2 cm³/mol. The molecule has 0 atom stereocenters. The molecule has 1 heterocycles. The van der Waals surface area contributed by atoms with Crippen LogP contribution in [0.3, 0.4) is 0 Å². The Kier molecular flexibility index (Phi) is 3.09. The molecule has 0 aliphatic rings. The van der Waals surface area contributed by atoms with Gasteiger partial charge >= 0.3 is 0 Å². The first kappa shape index (κ1) is 11.0. The van der Waals surface area contributed by atoms with Gasteiger partial charge in [0.25, 0.3) is 11.8 Å². The monoisotopic (exact) mass is 308 g/mol. The molecule has 1 aromatic heterocycles. The van der Waals surface area contributed by atoms with Crippen molar-refractivity contribution < 1.29 is 9.59 Å². The van der Waals surface area contributed by atoms with Crippen molar-refractivity contribution in [1.82, 2.24) is 12.9 Å². The molecule has 7 heteroatoms. The fraction of sp³-hybridized carbons (Fsp3) is 0.286. The van der Waals surface area contributed by atoms with Crippen LogP contribution < -0.4 is 5.73 Å².